The molecular formula is C12H16FNO4S. The second-order valence-electron chi connectivity index (χ2n) is 3.96. The number of rotatable bonds is 6. The SMILES string of the molecule is CCS(=O)(=O)CCCOC(=O)c1cc(F)ccc1N. The predicted octanol–water partition coefficient (Wildman–Crippen LogP) is 1.39. The molecular weight excluding hydrogens is 273 g/mol. The third-order valence-electron chi connectivity index (χ3n) is 2.51. The topological polar surface area (TPSA) is 86.5 Å². The number of sulfone groups is 1. The molecule has 0 spiro atoms. The average Bonchev–Trinajstić information content (AvgIpc) is 2.37. The Bertz CT molecular complexity index is 557. The minimum atomic E-state index is -3.07. The van der Waals surface area contributed by atoms with E-state index in [4.69, 9.17) is 10.5 Å². The van der Waals surface area contributed by atoms with E-state index in [0.29, 0.717) is 0 Å². The third-order valence-corrected chi connectivity index (χ3v) is 4.30. The van der Waals surface area contributed by atoms with Crippen molar-refractivity contribution in [3.63, 3.8) is 0 Å². The summed E-state index contributed by atoms with van der Waals surface area (Å²) in [5.41, 5.74) is 5.58. The van der Waals surface area contributed by atoms with Crippen LogP contribution in [0.4, 0.5) is 10.1 Å². The quantitative estimate of drug-likeness (QED) is 0.486. The number of halogens is 1. The van der Waals surface area contributed by atoms with Gasteiger partial charge in [0.05, 0.1) is 17.9 Å². The zero-order chi connectivity index (χ0) is 14.5. The van der Waals surface area contributed by atoms with Crippen LogP contribution in [0.25, 0.3) is 0 Å². The molecule has 1 aromatic rings. The molecule has 0 amide bonds. The van der Waals surface area contributed by atoms with Gasteiger partial charge in [0.15, 0.2) is 0 Å². The lowest BCUT2D eigenvalue weighted by atomic mass is 10.2. The van der Waals surface area contributed by atoms with Crippen molar-refractivity contribution >= 4 is 21.5 Å². The molecule has 2 N–H and O–H groups in total. The maximum atomic E-state index is 13.0. The molecule has 0 unspecified atom stereocenters. The first-order valence-corrected chi connectivity index (χ1v) is 7.60. The molecule has 0 fully saturated rings. The standard InChI is InChI=1S/C12H16FNO4S/c1-2-19(16,17)7-3-6-18-12(15)10-8-9(13)4-5-11(10)14/h4-5,8H,2-3,6-7,14H2,1H3. The summed E-state index contributed by atoms with van der Waals surface area (Å²) in [5.74, 6) is -1.34. The summed E-state index contributed by atoms with van der Waals surface area (Å²) >= 11 is 0. The molecule has 0 aliphatic rings. The van der Waals surface area contributed by atoms with Gasteiger partial charge in [0.1, 0.15) is 15.7 Å². The summed E-state index contributed by atoms with van der Waals surface area (Å²) in [5, 5.41) is 0. The molecule has 0 saturated carbocycles. The number of benzene rings is 1. The predicted molar refractivity (Wildman–Crippen MR) is 70.0 cm³/mol. The Morgan fingerprint density at radius 2 is 2.11 bits per heavy atom. The highest BCUT2D eigenvalue weighted by Crippen LogP contribution is 2.14. The maximum Gasteiger partial charge on any atom is 0.340 e. The zero-order valence-corrected chi connectivity index (χ0v) is 11.4. The van der Waals surface area contributed by atoms with Crippen molar-refractivity contribution in [3.8, 4) is 0 Å². The lowest BCUT2D eigenvalue weighted by molar-refractivity contribution is 0.0506. The Labute approximate surface area is 111 Å². The molecule has 5 nitrogen and oxygen atoms in total. The van der Waals surface area contributed by atoms with Gasteiger partial charge >= 0.3 is 5.97 Å². The first-order chi connectivity index (χ1) is 8.85. The van der Waals surface area contributed by atoms with E-state index in [1.165, 1.54) is 6.07 Å². The highest BCUT2D eigenvalue weighted by atomic mass is 32.2. The summed E-state index contributed by atoms with van der Waals surface area (Å²) in [6, 6.07) is 3.40. The molecule has 0 aromatic heterocycles. The Morgan fingerprint density at radius 1 is 1.42 bits per heavy atom. The van der Waals surface area contributed by atoms with E-state index in [9.17, 15) is 17.6 Å². The Kier molecular flexibility index (Phi) is 5.29. The summed E-state index contributed by atoms with van der Waals surface area (Å²) in [7, 11) is -3.07. The Morgan fingerprint density at radius 3 is 2.74 bits per heavy atom. The van der Waals surface area contributed by atoms with Crippen LogP contribution in [0, 0.1) is 5.82 Å². The second-order valence-corrected chi connectivity index (χ2v) is 6.43. The van der Waals surface area contributed by atoms with E-state index in [1.54, 1.807) is 6.92 Å². The number of carbonyl (C=O) groups excluding carboxylic acids is 1. The zero-order valence-electron chi connectivity index (χ0n) is 10.6. The van der Waals surface area contributed by atoms with Crippen LogP contribution in [-0.2, 0) is 14.6 Å². The van der Waals surface area contributed by atoms with Crippen molar-refractivity contribution in [2.45, 2.75) is 13.3 Å². The molecule has 0 saturated heterocycles. The van der Waals surface area contributed by atoms with Crippen LogP contribution in [0.3, 0.4) is 0 Å². The van der Waals surface area contributed by atoms with Crippen molar-refractivity contribution in [3.05, 3.63) is 29.6 Å². The number of nitrogens with two attached hydrogens (primary N) is 1. The fraction of sp³-hybridized carbons (Fsp3) is 0.417. The summed E-state index contributed by atoms with van der Waals surface area (Å²) < 4.78 is 40.2. The molecule has 0 atom stereocenters. The summed E-state index contributed by atoms with van der Waals surface area (Å²) in [6.45, 7) is 1.50. The van der Waals surface area contributed by atoms with Gasteiger partial charge in [0, 0.05) is 11.4 Å². The molecule has 106 valence electrons. The van der Waals surface area contributed by atoms with E-state index in [1.807, 2.05) is 0 Å². The van der Waals surface area contributed by atoms with Gasteiger partial charge in [-0.1, -0.05) is 6.92 Å². The minimum absolute atomic E-state index is 0.0462. The third kappa shape index (κ3) is 4.86. The fourth-order valence-corrected chi connectivity index (χ4v) is 2.22. The second kappa shape index (κ2) is 6.51. The van der Waals surface area contributed by atoms with Gasteiger partial charge in [-0.25, -0.2) is 17.6 Å². The van der Waals surface area contributed by atoms with Crippen LogP contribution < -0.4 is 5.73 Å². The Hall–Kier alpha value is -1.63. The number of hydrogen-bond acceptors (Lipinski definition) is 5. The molecule has 19 heavy (non-hydrogen) atoms. The number of esters is 1. The normalized spacial score (nSPS) is 11.3. The van der Waals surface area contributed by atoms with Crippen LogP contribution in [0.15, 0.2) is 18.2 Å². The number of hydrogen-bond donors (Lipinski definition) is 1. The smallest absolute Gasteiger partial charge is 0.340 e. The fourth-order valence-electron chi connectivity index (χ4n) is 1.37. The van der Waals surface area contributed by atoms with E-state index in [0.717, 1.165) is 12.1 Å². The number of nitrogen functional groups attached to an aromatic ring is 1. The van der Waals surface area contributed by atoms with E-state index in [2.05, 4.69) is 0 Å². The summed E-state index contributed by atoms with van der Waals surface area (Å²) in [4.78, 5) is 11.6. The van der Waals surface area contributed by atoms with Gasteiger partial charge in [0.2, 0.25) is 0 Å². The van der Waals surface area contributed by atoms with E-state index >= 15 is 0 Å². The number of carbonyl (C=O) groups is 1. The molecule has 1 rings (SSSR count). The van der Waals surface area contributed by atoms with Gasteiger partial charge in [-0.2, -0.15) is 0 Å². The first kappa shape index (κ1) is 15.4. The molecule has 0 heterocycles. The maximum absolute atomic E-state index is 13.0. The van der Waals surface area contributed by atoms with Crippen molar-refractivity contribution in [1.82, 2.24) is 0 Å². The van der Waals surface area contributed by atoms with E-state index < -0.39 is 21.6 Å². The molecule has 0 radical (unpaired) electrons. The average molecular weight is 289 g/mol. The Balaban J connectivity index is 2.50. The van der Waals surface area contributed by atoms with E-state index in [-0.39, 0.29) is 35.8 Å². The minimum Gasteiger partial charge on any atom is -0.462 e. The molecule has 0 aliphatic carbocycles. The van der Waals surface area contributed by atoms with Crippen molar-refractivity contribution in [2.24, 2.45) is 0 Å². The number of anilines is 1. The lowest BCUT2D eigenvalue weighted by Gasteiger charge is -2.07. The lowest BCUT2D eigenvalue weighted by Crippen LogP contribution is -2.14. The first-order valence-electron chi connectivity index (χ1n) is 5.78. The van der Waals surface area contributed by atoms with Gasteiger partial charge in [-0.15, -0.1) is 0 Å². The largest absolute Gasteiger partial charge is 0.462 e. The van der Waals surface area contributed by atoms with Gasteiger partial charge in [-0.3, -0.25) is 0 Å². The summed E-state index contributed by atoms with van der Waals surface area (Å²) in [6.07, 6.45) is 0.205. The molecule has 7 heteroatoms. The van der Waals surface area contributed by atoms with Crippen LogP contribution >= 0.6 is 0 Å². The van der Waals surface area contributed by atoms with Crippen molar-refractivity contribution < 1.29 is 22.3 Å². The van der Waals surface area contributed by atoms with Gasteiger partial charge < -0.3 is 10.5 Å². The molecule has 0 bridgehead atoms. The van der Waals surface area contributed by atoms with Crippen molar-refractivity contribution in [1.29, 1.82) is 0 Å². The molecule has 0 aliphatic heterocycles. The van der Waals surface area contributed by atoms with Gasteiger partial charge in [0.25, 0.3) is 0 Å². The number of ether oxygens (including phenoxy) is 1. The van der Waals surface area contributed by atoms with Crippen LogP contribution in [0.1, 0.15) is 23.7 Å². The molecule has 1 aromatic carbocycles. The van der Waals surface area contributed by atoms with Crippen LogP contribution in [0.5, 0.6) is 0 Å². The monoisotopic (exact) mass is 289 g/mol. The van der Waals surface area contributed by atoms with Crippen molar-refractivity contribution in [2.75, 3.05) is 23.8 Å². The van der Waals surface area contributed by atoms with Crippen LogP contribution in [0.2, 0.25) is 0 Å². The van der Waals surface area contributed by atoms with Crippen LogP contribution in [-0.4, -0.2) is 32.5 Å². The van der Waals surface area contributed by atoms with Gasteiger partial charge in [-0.05, 0) is 24.6 Å². The highest BCUT2D eigenvalue weighted by Gasteiger charge is 2.13. The highest BCUT2D eigenvalue weighted by molar-refractivity contribution is 7.91.